The number of rotatable bonds is 0. The van der Waals surface area contributed by atoms with Gasteiger partial charge in [0.25, 0.3) is 0 Å². The maximum atomic E-state index is 12.2. The molecule has 0 fully saturated rings. The van der Waals surface area contributed by atoms with Crippen molar-refractivity contribution in [3.63, 3.8) is 0 Å². The van der Waals surface area contributed by atoms with E-state index in [9.17, 15) is 13.2 Å². The summed E-state index contributed by atoms with van der Waals surface area (Å²) in [5.74, 6) is 0. The Labute approximate surface area is 84.8 Å². The molecule has 0 N–H and O–H groups in total. The monoisotopic (exact) mass is 310 g/mol. The van der Waals surface area contributed by atoms with Gasteiger partial charge in [0, 0.05) is 7.05 Å². The van der Waals surface area contributed by atoms with Gasteiger partial charge in [0.15, 0.2) is 0 Å². The van der Waals surface area contributed by atoms with Crippen molar-refractivity contribution in [1.29, 1.82) is 0 Å². The largest absolute Gasteiger partial charge is 0.421 e. The van der Waals surface area contributed by atoms with E-state index in [0.29, 0.717) is 0 Å². The molecule has 0 unspecified atom stereocenters. The molecule has 1 aromatic heterocycles. The first-order valence-electron chi connectivity index (χ1n) is 2.79. The van der Waals surface area contributed by atoms with E-state index < -0.39 is 11.7 Å². The molecule has 0 saturated heterocycles. The van der Waals surface area contributed by atoms with Gasteiger partial charge >= 0.3 is 6.18 Å². The minimum atomic E-state index is -4.43. The Bertz CT molecular complexity index is 306. The van der Waals surface area contributed by atoms with Gasteiger partial charge in [-0.2, -0.15) is 18.3 Å². The fraction of sp³-hybridized carbons (Fsp3) is 0.400. The summed E-state index contributed by atoms with van der Waals surface area (Å²) in [4.78, 5) is 0. The second-order valence-corrected chi connectivity index (χ2v) is 3.46. The summed E-state index contributed by atoms with van der Waals surface area (Å²) in [6.07, 6.45) is -4.43. The Morgan fingerprint density at radius 2 is 2.00 bits per heavy atom. The molecule has 12 heavy (non-hydrogen) atoms. The summed E-state index contributed by atoms with van der Waals surface area (Å²) in [6, 6.07) is 0. The third-order valence-corrected chi connectivity index (χ3v) is 2.41. The third-order valence-electron chi connectivity index (χ3n) is 1.22. The van der Waals surface area contributed by atoms with Gasteiger partial charge in [0.2, 0.25) is 0 Å². The van der Waals surface area contributed by atoms with Crippen LogP contribution in [0.25, 0.3) is 0 Å². The fourth-order valence-electron chi connectivity index (χ4n) is 0.706. The molecule has 0 aliphatic heterocycles. The zero-order valence-electron chi connectivity index (χ0n) is 5.78. The minimum absolute atomic E-state index is 0.132. The van der Waals surface area contributed by atoms with E-state index in [2.05, 4.69) is 5.10 Å². The molecule has 0 amide bonds. The zero-order valence-corrected chi connectivity index (χ0v) is 8.70. The number of halogens is 5. The van der Waals surface area contributed by atoms with Crippen molar-refractivity contribution in [2.24, 2.45) is 7.05 Å². The molecule has 0 aliphatic rings. The highest BCUT2D eigenvalue weighted by atomic mass is 127. The molecule has 0 atom stereocenters. The summed E-state index contributed by atoms with van der Waals surface area (Å²) in [5.41, 5.74) is -0.868. The molecule has 0 bridgehead atoms. The Kier molecular flexibility index (Phi) is 2.57. The Morgan fingerprint density at radius 1 is 1.50 bits per heavy atom. The van der Waals surface area contributed by atoms with E-state index in [-0.39, 0.29) is 8.85 Å². The van der Waals surface area contributed by atoms with Crippen LogP contribution in [0, 0.1) is 3.70 Å². The number of aryl methyl sites for hydroxylation is 1. The quantitative estimate of drug-likeness (QED) is 0.674. The predicted octanol–water partition coefficient (Wildman–Crippen LogP) is 2.70. The van der Waals surface area contributed by atoms with E-state index in [0.717, 1.165) is 4.68 Å². The first-order valence-corrected chi connectivity index (χ1v) is 4.25. The van der Waals surface area contributed by atoms with Gasteiger partial charge in [0.1, 0.15) is 14.4 Å². The summed E-state index contributed by atoms with van der Waals surface area (Å²) < 4.78 is 37.4. The molecule has 1 rings (SSSR count). The minimum Gasteiger partial charge on any atom is -0.255 e. The molecule has 1 aromatic rings. The molecule has 0 spiro atoms. The van der Waals surface area contributed by atoms with Gasteiger partial charge in [-0.15, -0.1) is 0 Å². The summed E-state index contributed by atoms with van der Waals surface area (Å²) in [6.45, 7) is 0. The number of nitrogens with zero attached hydrogens (tertiary/aromatic N) is 2. The van der Waals surface area contributed by atoms with Crippen molar-refractivity contribution in [1.82, 2.24) is 9.78 Å². The average Bonchev–Trinajstić information content (AvgIpc) is 2.05. The molecule has 0 aliphatic carbocycles. The Hall–Kier alpha value is 0.0200. The van der Waals surface area contributed by atoms with Crippen LogP contribution in [0.1, 0.15) is 5.56 Å². The van der Waals surface area contributed by atoms with Gasteiger partial charge in [-0.05, 0) is 22.6 Å². The van der Waals surface area contributed by atoms with Gasteiger partial charge < -0.3 is 0 Å². The van der Waals surface area contributed by atoms with Crippen LogP contribution in [0.4, 0.5) is 13.2 Å². The molecule has 0 aromatic carbocycles. The van der Waals surface area contributed by atoms with Crippen LogP contribution in [-0.4, -0.2) is 9.78 Å². The van der Waals surface area contributed by atoms with Crippen molar-refractivity contribution in [3.05, 3.63) is 14.4 Å². The Balaban J connectivity index is 3.32. The van der Waals surface area contributed by atoms with Gasteiger partial charge in [0.05, 0.1) is 0 Å². The van der Waals surface area contributed by atoms with Crippen LogP contribution in [0.3, 0.4) is 0 Å². The van der Waals surface area contributed by atoms with Gasteiger partial charge in [-0.25, -0.2) is 0 Å². The van der Waals surface area contributed by atoms with Crippen LogP contribution in [0.5, 0.6) is 0 Å². The van der Waals surface area contributed by atoms with E-state index in [4.69, 9.17) is 11.6 Å². The SMILES string of the molecule is Cn1nc(I)c(C(F)(F)F)c1Cl. The molecule has 7 heteroatoms. The average molecular weight is 310 g/mol. The highest BCUT2D eigenvalue weighted by Crippen LogP contribution is 2.37. The van der Waals surface area contributed by atoms with Crippen LogP contribution < -0.4 is 0 Å². The highest BCUT2D eigenvalue weighted by Gasteiger charge is 2.38. The maximum absolute atomic E-state index is 12.2. The van der Waals surface area contributed by atoms with Crippen molar-refractivity contribution in [2.75, 3.05) is 0 Å². The van der Waals surface area contributed by atoms with Crippen LogP contribution in [0.15, 0.2) is 0 Å². The molecular formula is C5H3ClF3IN2. The number of alkyl halides is 3. The number of aromatic nitrogens is 2. The van der Waals surface area contributed by atoms with Crippen molar-refractivity contribution >= 4 is 34.2 Å². The molecule has 0 radical (unpaired) electrons. The highest BCUT2D eigenvalue weighted by molar-refractivity contribution is 14.1. The lowest BCUT2D eigenvalue weighted by Gasteiger charge is -2.03. The molecular weight excluding hydrogens is 307 g/mol. The lowest BCUT2D eigenvalue weighted by molar-refractivity contribution is -0.138. The second-order valence-electron chi connectivity index (χ2n) is 2.08. The van der Waals surface area contributed by atoms with Gasteiger partial charge in [-0.3, -0.25) is 4.68 Å². The fourth-order valence-corrected chi connectivity index (χ4v) is 1.99. The van der Waals surface area contributed by atoms with E-state index in [1.165, 1.54) is 29.6 Å². The summed E-state index contributed by atoms with van der Waals surface area (Å²) in [7, 11) is 1.36. The smallest absolute Gasteiger partial charge is 0.255 e. The molecule has 1 heterocycles. The molecule has 68 valence electrons. The van der Waals surface area contributed by atoms with E-state index in [1.54, 1.807) is 0 Å². The lowest BCUT2D eigenvalue weighted by atomic mass is 10.3. The van der Waals surface area contributed by atoms with Gasteiger partial charge in [-0.1, -0.05) is 11.6 Å². The van der Waals surface area contributed by atoms with Crippen molar-refractivity contribution < 1.29 is 13.2 Å². The van der Waals surface area contributed by atoms with Crippen LogP contribution >= 0.6 is 34.2 Å². The van der Waals surface area contributed by atoms with E-state index in [1.807, 2.05) is 0 Å². The first kappa shape index (κ1) is 10.1. The Morgan fingerprint density at radius 3 is 2.17 bits per heavy atom. The van der Waals surface area contributed by atoms with Crippen LogP contribution in [-0.2, 0) is 13.2 Å². The van der Waals surface area contributed by atoms with Crippen LogP contribution in [0.2, 0.25) is 5.15 Å². The first-order chi connectivity index (χ1) is 5.34. The topological polar surface area (TPSA) is 17.8 Å². The normalized spacial score (nSPS) is 12.2. The van der Waals surface area contributed by atoms with E-state index >= 15 is 0 Å². The zero-order chi connectivity index (χ0) is 9.52. The lowest BCUT2D eigenvalue weighted by Crippen LogP contribution is -2.06. The van der Waals surface area contributed by atoms with Crippen molar-refractivity contribution in [3.8, 4) is 0 Å². The molecule has 0 saturated carbocycles. The maximum Gasteiger partial charge on any atom is 0.421 e. The summed E-state index contributed by atoms with van der Waals surface area (Å²) in [5, 5.41) is 3.15. The standard InChI is InChI=1S/C5H3ClF3IN2/c1-12-3(6)2(4(10)11-12)5(7,8)9/h1H3. The number of hydrogen-bond donors (Lipinski definition) is 0. The summed E-state index contributed by atoms with van der Waals surface area (Å²) >= 11 is 6.87. The van der Waals surface area contributed by atoms with Crippen molar-refractivity contribution in [2.45, 2.75) is 6.18 Å². The number of hydrogen-bond acceptors (Lipinski definition) is 1. The second kappa shape index (κ2) is 3.06. The third kappa shape index (κ3) is 1.68. The predicted molar refractivity (Wildman–Crippen MR) is 45.9 cm³/mol. The molecule has 2 nitrogen and oxygen atoms in total.